The summed E-state index contributed by atoms with van der Waals surface area (Å²) in [5.74, 6) is 0.765. The Kier molecular flexibility index (Phi) is 2.14. The molecule has 1 aliphatic carbocycles. The largest absolute Gasteiger partial charge is 0.394 e. The van der Waals surface area contributed by atoms with Gasteiger partial charge in [-0.25, -0.2) is 0 Å². The van der Waals surface area contributed by atoms with Crippen molar-refractivity contribution in [1.82, 2.24) is 0 Å². The van der Waals surface area contributed by atoms with E-state index in [0.717, 1.165) is 5.92 Å². The second-order valence-electron chi connectivity index (χ2n) is 3.72. The molecule has 1 heterocycles. The van der Waals surface area contributed by atoms with Crippen LogP contribution in [0.1, 0.15) is 32.1 Å². The van der Waals surface area contributed by atoms with Crippen molar-refractivity contribution >= 4 is 0 Å². The number of rotatable bonds is 2. The summed E-state index contributed by atoms with van der Waals surface area (Å²) < 4.78 is 5.36. The van der Waals surface area contributed by atoms with Gasteiger partial charge in [-0.05, 0) is 18.8 Å². The third kappa shape index (κ3) is 1.57. The molecule has 1 N–H and O–H groups in total. The third-order valence-electron chi connectivity index (χ3n) is 2.92. The highest BCUT2D eigenvalue weighted by Crippen LogP contribution is 2.37. The fraction of sp³-hybridized carbons (Fsp3) is 1.00. The van der Waals surface area contributed by atoms with Crippen LogP contribution in [-0.2, 0) is 4.74 Å². The van der Waals surface area contributed by atoms with Crippen molar-refractivity contribution in [2.75, 3.05) is 6.61 Å². The number of hydrogen-bond donors (Lipinski definition) is 1. The molecule has 11 heavy (non-hydrogen) atoms. The normalized spacial score (nSPS) is 39.0. The van der Waals surface area contributed by atoms with E-state index in [0.29, 0.717) is 6.10 Å². The molecule has 0 radical (unpaired) electrons. The van der Waals surface area contributed by atoms with Gasteiger partial charge in [0.25, 0.3) is 0 Å². The molecule has 1 saturated heterocycles. The molecular formula is C9H16O2. The average Bonchev–Trinajstić information content (AvgIpc) is 2.85. The second-order valence-corrected chi connectivity index (χ2v) is 3.72. The van der Waals surface area contributed by atoms with Crippen molar-refractivity contribution in [3.63, 3.8) is 0 Å². The minimum absolute atomic E-state index is 0.193. The molecule has 2 fully saturated rings. The zero-order chi connectivity index (χ0) is 7.68. The van der Waals surface area contributed by atoms with Crippen molar-refractivity contribution in [3.8, 4) is 0 Å². The van der Waals surface area contributed by atoms with Crippen molar-refractivity contribution in [3.05, 3.63) is 0 Å². The van der Waals surface area contributed by atoms with E-state index in [1.54, 1.807) is 0 Å². The molecule has 0 unspecified atom stereocenters. The molecule has 0 aromatic rings. The number of ether oxygens (including phenoxy) is 1. The van der Waals surface area contributed by atoms with Gasteiger partial charge in [-0.15, -0.1) is 0 Å². The molecule has 2 nitrogen and oxygen atoms in total. The second kappa shape index (κ2) is 3.11. The van der Waals surface area contributed by atoms with E-state index in [9.17, 15) is 0 Å². The lowest BCUT2D eigenvalue weighted by molar-refractivity contribution is 0.232. The molecule has 0 amide bonds. The van der Waals surface area contributed by atoms with Gasteiger partial charge in [0, 0.05) is 0 Å². The molecule has 0 spiro atoms. The van der Waals surface area contributed by atoms with Crippen LogP contribution in [0.2, 0.25) is 0 Å². The van der Waals surface area contributed by atoms with E-state index >= 15 is 0 Å². The van der Waals surface area contributed by atoms with Crippen LogP contribution in [0.25, 0.3) is 0 Å². The lowest BCUT2D eigenvalue weighted by Gasteiger charge is -2.19. The lowest BCUT2D eigenvalue weighted by Crippen LogP contribution is -2.15. The standard InChI is InChI=1S/C9H16O2/c10-6-8-9(11-8)7-4-2-1-3-5-7/h7-10H,1-6H2/t8-,9+/m0/s1. The smallest absolute Gasteiger partial charge is 0.107 e. The number of epoxide rings is 1. The summed E-state index contributed by atoms with van der Waals surface area (Å²) in [7, 11) is 0. The maximum atomic E-state index is 8.78. The summed E-state index contributed by atoms with van der Waals surface area (Å²) in [5, 5.41) is 8.78. The van der Waals surface area contributed by atoms with E-state index in [4.69, 9.17) is 9.84 Å². The average molecular weight is 156 g/mol. The van der Waals surface area contributed by atoms with Gasteiger partial charge in [-0.1, -0.05) is 19.3 Å². The highest BCUT2D eigenvalue weighted by atomic mass is 16.6. The van der Waals surface area contributed by atoms with Crippen LogP contribution in [0.15, 0.2) is 0 Å². The Morgan fingerprint density at radius 1 is 1.18 bits per heavy atom. The van der Waals surface area contributed by atoms with Crippen LogP contribution >= 0.6 is 0 Å². The van der Waals surface area contributed by atoms with Gasteiger partial charge in [0.2, 0.25) is 0 Å². The number of hydrogen-bond acceptors (Lipinski definition) is 2. The van der Waals surface area contributed by atoms with Crippen molar-refractivity contribution < 1.29 is 9.84 Å². The first-order valence-electron chi connectivity index (χ1n) is 4.68. The van der Waals surface area contributed by atoms with Gasteiger partial charge in [-0.2, -0.15) is 0 Å². The summed E-state index contributed by atoms with van der Waals surface area (Å²) in [6.45, 7) is 0.223. The first-order valence-corrected chi connectivity index (χ1v) is 4.68. The zero-order valence-corrected chi connectivity index (χ0v) is 6.83. The zero-order valence-electron chi connectivity index (χ0n) is 6.83. The molecule has 2 rings (SSSR count). The van der Waals surface area contributed by atoms with Crippen LogP contribution in [0, 0.1) is 5.92 Å². The molecule has 0 aromatic carbocycles. The fourth-order valence-corrected chi connectivity index (χ4v) is 2.18. The third-order valence-corrected chi connectivity index (χ3v) is 2.92. The monoisotopic (exact) mass is 156 g/mol. The maximum Gasteiger partial charge on any atom is 0.107 e. The van der Waals surface area contributed by atoms with Crippen LogP contribution in [0.4, 0.5) is 0 Å². The predicted octanol–water partition coefficient (Wildman–Crippen LogP) is 1.33. The summed E-state index contributed by atoms with van der Waals surface area (Å²) in [6, 6.07) is 0. The highest BCUT2D eigenvalue weighted by molar-refractivity contribution is 4.90. The van der Waals surface area contributed by atoms with Gasteiger partial charge >= 0.3 is 0 Å². The number of aliphatic hydroxyl groups is 1. The first-order chi connectivity index (χ1) is 5.42. The Morgan fingerprint density at radius 2 is 1.91 bits per heavy atom. The van der Waals surface area contributed by atoms with E-state index in [-0.39, 0.29) is 12.7 Å². The molecule has 1 saturated carbocycles. The molecule has 2 atom stereocenters. The Morgan fingerprint density at radius 3 is 2.45 bits per heavy atom. The summed E-state index contributed by atoms with van der Waals surface area (Å²) >= 11 is 0. The quantitative estimate of drug-likeness (QED) is 0.612. The maximum absolute atomic E-state index is 8.78. The van der Waals surface area contributed by atoms with Crippen molar-refractivity contribution in [1.29, 1.82) is 0 Å². The first kappa shape index (κ1) is 7.56. The van der Waals surface area contributed by atoms with Crippen LogP contribution in [0.3, 0.4) is 0 Å². The Labute approximate surface area is 67.6 Å². The minimum Gasteiger partial charge on any atom is -0.394 e. The molecule has 0 bridgehead atoms. The van der Waals surface area contributed by atoms with Crippen LogP contribution in [-0.4, -0.2) is 23.9 Å². The molecule has 1 aliphatic heterocycles. The van der Waals surface area contributed by atoms with Crippen LogP contribution in [0.5, 0.6) is 0 Å². The van der Waals surface area contributed by atoms with Gasteiger partial charge in [0.15, 0.2) is 0 Å². The fourth-order valence-electron chi connectivity index (χ4n) is 2.18. The highest BCUT2D eigenvalue weighted by Gasteiger charge is 2.43. The Bertz CT molecular complexity index is 130. The molecule has 2 aliphatic rings. The Balaban J connectivity index is 1.77. The lowest BCUT2D eigenvalue weighted by atomic mass is 9.86. The van der Waals surface area contributed by atoms with Gasteiger partial charge in [0.05, 0.1) is 12.7 Å². The number of aliphatic hydroxyl groups excluding tert-OH is 1. The summed E-state index contributed by atoms with van der Waals surface area (Å²) in [6.07, 6.45) is 7.37. The van der Waals surface area contributed by atoms with E-state index in [1.807, 2.05) is 0 Å². The predicted molar refractivity (Wildman–Crippen MR) is 42.3 cm³/mol. The van der Waals surface area contributed by atoms with Gasteiger partial charge in [-0.3, -0.25) is 0 Å². The molecule has 2 heteroatoms. The van der Waals surface area contributed by atoms with Crippen molar-refractivity contribution in [2.45, 2.75) is 44.3 Å². The molecular weight excluding hydrogens is 140 g/mol. The van der Waals surface area contributed by atoms with E-state index in [1.165, 1.54) is 32.1 Å². The van der Waals surface area contributed by atoms with Crippen LogP contribution < -0.4 is 0 Å². The molecule has 64 valence electrons. The van der Waals surface area contributed by atoms with E-state index < -0.39 is 0 Å². The SMILES string of the molecule is OC[C@@H]1O[C@@H]1C1CCCCC1. The molecule has 0 aromatic heterocycles. The minimum atomic E-state index is 0.193. The Hall–Kier alpha value is -0.0800. The summed E-state index contributed by atoms with van der Waals surface area (Å²) in [4.78, 5) is 0. The topological polar surface area (TPSA) is 32.8 Å². The van der Waals surface area contributed by atoms with Gasteiger partial charge in [0.1, 0.15) is 6.10 Å². The van der Waals surface area contributed by atoms with Gasteiger partial charge < -0.3 is 9.84 Å². The van der Waals surface area contributed by atoms with E-state index in [2.05, 4.69) is 0 Å². The summed E-state index contributed by atoms with van der Waals surface area (Å²) in [5.41, 5.74) is 0. The van der Waals surface area contributed by atoms with Crippen molar-refractivity contribution in [2.24, 2.45) is 5.92 Å².